The Morgan fingerprint density at radius 2 is 1.96 bits per heavy atom. The van der Waals surface area contributed by atoms with E-state index in [9.17, 15) is 4.79 Å². The van der Waals surface area contributed by atoms with Gasteiger partial charge in [0.15, 0.2) is 0 Å². The summed E-state index contributed by atoms with van der Waals surface area (Å²) in [5.41, 5.74) is 4.31. The van der Waals surface area contributed by atoms with E-state index in [1.54, 1.807) is 17.9 Å². The number of nitrogens with one attached hydrogen (secondary N) is 1. The van der Waals surface area contributed by atoms with E-state index in [4.69, 9.17) is 4.74 Å². The van der Waals surface area contributed by atoms with E-state index in [-0.39, 0.29) is 5.91 Å². The van der Waals surface area contributed by atoms with E-state index in [1.165, 1.54) is 0 Å². The van der Waals surface area contributed by atoms with Gasteiger partial charge in [0.05, 0.1) is 18.5 Å². The first-order chi connectivity index (χ1) is 12.3. The van der Waals surface area contributed by atoms with E-state index in [0.29, 0.717) is 17.1 Å². The summed E-state index contributed by atoms with van der Waals surface area (Å²) in [5.74, 6) is 0.562. The lowest BCUT2D eigenvalue weighted by Crippen LogP contribution is -2.18. The van der Waals surface area contributed by atoms with Crippen molar-refractivity contribution >= 4 is 11.6 Å². The minimum Gasteiger partial charge on any atom is -0.497 e. The topological polar surface area (TPSA) is 56.1 Å². The van der Waals surface area contributed by atoms with Crippen molar-refractivity contribution in [3.8, 4) is 11.4 Å². The number of nitrogens with zero attached hydrogens (tertiary/aromatic N) is 2. The predicted molar refractivity (Wildman–Crippen MR) is 96.5 cm³/mol. The van der Waals surface area contributed by atoms with Crippen LogP contribution in [0.3, 0.4) is 0 Å². The van der Waals surface area contributed by atoms with Crippen LogP contribution in [0.5, 0.6) is 5.75 Å². The lowest BCUT2D eigenvalue weighted by atomic mass is 10.1. The molecule has 0 bridgehead atoms. The molecule has 1 aliphatic rings. The maximum atomic E-state index is 13.0. The molecule has 5 nitrogen and oxygen atoms in total. The number of anilines is 1. The van der Waals surface area contributed by atoms with E-state index in [1.807, 2.05) is 48.5 Å². The van der Waals surface area contributed by atoms with Gasteiger partial charge in [-0.05, 0) is 43.5 Å². The Balaban J connectivity index is 1.72. The molecule has 0 aliphatic heterocycles. The van der Waals surface area contributed by atoms with Crippen molar-refractivity contribution in [2.45, 2.75) is 19.3 Å². The summed E-state index contributed by atoms with van der Waals surface area (Å²) in [4.78, 5) is 13.0. The quantitative estimate of drug-likeness (QED) is 0.793. The van der Waals surface area contributed by atoms with Crippen LogP contribution in [-0.2, 0) is 12.8 Å². The normalized spacial score (nSPS) is 12.7. The highest BCUT2D eigenvalue weighted by Gasteiger charge is 2.27. The van der Waals surface area contributed by atoms with Gasteiger partial charge in [0.25, 0.3) is 5.91 Å². The van der Waals surface area contributed by atoms with Gasteiger partial charge in [-0.3, -0.25) is 4.79 Å². The molecule has 4 rings (SSSR count). The molecule has 126 valence electrons. The Labute approximate surface area is 146 Å². The van der Waals surface area contributed by atoms with Crippen molar-refractivity contribution in [3.05, 3.63) is 71.5 Å². The number of fused-ring (bicyclic) bond motifs is 1. The van der Waals surface area contributed by atoms with E-state index >= 15 is 0 Å². The Hall–Kier alpha value is -3.08. The number of amides is 1. The Kier molecular flexibility index (Phi) is 3.98. The van der Waals surface area contributed by atoms with Gasteiger partial charge in [-0.2, -0.15) is 5.10 Å². The molecule has 2 aromatic carbocycles. The lowest BCUT2D eigenvalue weighted by molar-refractivity contribution is 0.101. The second-order valence-electron chi connectivity index (χ2n) is 6.06. The average molecular weight is 333 g/mol. The first-order valence-electron chi connectivity index (χ1n) is 8.38. The van der Waals surface area contributed by atoms with Gasteiger partial charge >= 0.3 is 0 Å². The van der Waals surface area contributed by atoms with E-state index in [0.717, 1.165) is 36.2 Å². The fourth-order valence-corrected chi connectivity index (χ4v) is 3.27. The Bertz CT molecular complexity index is 916. The zero-order chi connectivity index (χ0) is 17.2. The Morgan fingerprint density at radius 3 is 2.76 bits per heavy atom. The van der Waals surface area contributed by atoms with Gasteiger partial charge in [-0.25, -0.2) is 4.68 Å². The third-order valence-electron chi connectivity index (χ3n) is 4.45. The van der Waals surface area contributed by atoms with Crippen molar-refractivity contribution in [1.29, 1.82) is 0 Å². The van der Waals surface area contributed by atoms with Gasteiger partial charge in [-0.1, -0.05) is 24.3 Å². The van der Waals surface area contributed by atoms with Crippen LogP contribution >= 0.6 is 0 Å². The first-order valence-corrected chi connectivity index (χ1v) is 8.38. The fourth-order valence-electron chi connectivity index (χ4n) is 3.27. The number of aryl methyl sites for hydroxylation is 1. The van der Waals surface area contributed by atoms with Crippen LogP contribution in [0.2, 0.25) is 0 Å². The standard InChI is InChI=1S/C20H19N3O2/c1-25-16-10-5-7-14(13-16)21-20(24)19-17-11-6-12-18(17)22-23(19)15-8-3-2-4-9-15/h2-5,7-10,13H,6,11-12H2,1H3,(H,21,24). The fraction of sp³-hybridized carbons (Fsp3) is 0.200. The van der Waals surface area contributed by atoms with Crippen LogP contribution < -0.4 is 10.1 Å². The number of ether oxygens (including phenoxy) is 1. The molecule has 5 heteroatoms. The summed E-state index contributed by atoms with van der Waals surface area (Å²) in [7, 11) is 1.61. The molecule has 25 heavy (non-hydrogen) atoms. The van der Waals surface area contributed by atoms with Crippen LogP contribution in [0, 0.1) is 0 Å². The maximum absolute atomic E-state index is 13.0. The molecular weight excluding hydrogens is 314 g/mol. The van der Waals surface area contributed by atoms with E-state index in [2.05, 4.69) is 10.4 Å². The van der Waals surface area contributed by atoms with Gasteiger partial charge in [0.1, 0.15) is 11.4 Å². The third kappa shape index (κ3) is 2.89. The highest BCUT2D eigenvalue weighted by molar-refractivity contribution is 6.04. The summed E-state index contributed by atoms with van der Waals surface area (Å²) in [6.07, 6.45) is 2.87. The molecule has 0 saturated heterocycles. The molecule has 3 aromatic rings. The summed E-state index contributed by atoms with van der Waals surface area (Å²) in [6.45, 7) is 0. The number of methoxy groups -OCH3 is 1. The van der Waals surface area contributed by atoms with Crippen LogP contribution in [-0.4, -0.2) is 22.8 Å². The monoisotopic (exact) mass is 333 g/mol. The molecule has 1 N–H and O–H groups in total. The number of benzene rings is 2. The van der Waals surface area contributed by atoms with Crippen molar-refractivity contribution in [2.75, 3.05) is 12.4 Å². The lowest BCUT2D eigenvalue weighted by Gasteiger charge is -2.11. The average Bonchev–Trinajstić information content (AvgIpc) is 3.23. The molecule has 1 aromatic heterocycles. The molecule has 0 atom stereocenters. The van der Waals surface area contributed by atoms with Crippen LogP contribution in [0.15, 0.2) is 54.6 Å². The molecule has 0 spiro atoms. The number of para-hydroxylation sites is 1. The second-order valence-corrected chi connectivity index (χ2v) is 6.06. The first kappa shape index (κ1) is 15.4. The summed E-state index contributed by atoms with van der Waals surface area (Å²) >= 11 is 0. The van der Waals surface area contributed by atoms with Gasteiger partial charge < -0.3 is 10.1 Å². The predicted octanol–water partition coefficient (Wildman–Crippen LogP) is 3.62. The third-order valence-corrected chi connectivity index (χ3v) is 4.45. The molecule has 0 fully saturated rings. The zero-order valence-corrected chi connectivity index (χ0v) is 14.0. The number of hydrogen-bond acceptors (Lipinski definition) is 3. The van der Waals surface area contributed by atoms with Gasteiger partial charge in [0.2, 0.25) is 0 Å². The SMILES string of the molecule is COc1cccc(NC(=O)c2c3c(nn2-c2ccccc2)CCC3)c1. The molecule has 0 radical (unpaired) electrons. The number of hydrogen-bond donors (Lipinski definition) is 1. The summed E-state index contributed by atoms with van der Waals surface area (Å²) in [6, 6.07) is 17.1. The Morgan fingerprint density at radius 1 is 1.12 bits per heavy atom. The summed E-state index contributed by atoms with van der Waals surface area (Å²) in [5, 5.41) is 7.67. The molecular formula is C20H19N3O2. The van der Waals surface area contributed by atoms with Crippen molar-refractivity contribution in [3.63, 3.8) is 0 Å². The summed E-state index contributed by atoms with van der Waals surface area (Å²) < 4.78 is 6.99. The number of carbonyl (C=O) groups is 1. The molecule has 1 aliphatic carbocycles. The van der Waals surface area contributed by atoms with Crippen molar-refractivity contribution < 1.29 is 9.53 Å². The zero-order valence-electron chi connectivity index (χ0n) is 14.0. The molecule has 0 saturated carbocycles. The highest BCUT2D eigenvalue weighted by atomic mass is 16.5. The highest BCUT2D eigenvalue weighted by Crippen LogP contribution is 2.28. The molecule has 1 amide bonds. The number of rotatable bonds is 4. The minimum atomic E-state index is -0.146. The second kappa shape index (κ2) is 6.43. The van der Waals surface area contributed by atoms with E-state index < -0.39 is 0 Å². The van der Waals surface area contributed by atoms with Crippen molar-refractivity contribution in [2.24, 2.45) is 0 Å². The maximum Gasteiger partial charge on any atom is 0.274 e. The molecule has 1 heterocycles. The van der Waals surface area contributed by atoms with Crippen LogP contribution in [0.25, 0.3) is 5.69 Å². The van der Waals surface area contributed by atoms with Crippen molar-refractivity contribution in [1.82, 2.24) is 9.78 Å². The molecule has 0 unspecified atom stereocenters. The van der Waals surface area contributed by atoms with Gasteiger partial charge in [-0.15, -0.1) is 0 Å². The number of aromatic nitrogens is 2. The minimum absolute atomic E-state index is 0.146. The number of carbonyl (C=O) groups excluding carboxylic acids is 1. The smallest absolute Gasteiger partial charge is 0.274 e. The largest absolute Gasteiger partial charge is 0.497 e. The van der Waals surface area contributed by atoms with Crippen LogP contribution in [0.1, 0.15) is 28.2 Å². The van der Waals surface area contributed by atoms with Crippen LogP contribution in [0.4, 0.5) is 5.69 Å². The van der Waals surface area contributed by atoms with Gasteiger partial charge in [0, 0.05) is 17.3 Å².